The molecule has 5 heterocycles. The maximum absolute atomic E-state index is 12.1. The highest BCUT2D eigenvalue weighted by Crippen LogP contribution is 2.49. The standard InChI is InChI=1S/C34H32ClN5O5S/c1-34(29-8-5-22(35)15-37-29)44-27-4-2-3-25(32(27)45-34)20-9-11-39(12-10-20)18-30-38-31-26(40(30)17-24-16-36-19-46-24)13-21(33(41)42)14-28(31)43-23-6-7-23/h2-5,8,13-16,19-20,23H,6-7,9-12,17-18H2,1H3,(H,41,42)/t34-/m0/s1. The van der Waals surface area contributed by atoms with Gasteiger partial charge in [-0.05, 0) is 75.0 Å². The Morgan fingerprint density at radius 1 is 1.11 bits per heavy atom. The zero-order chi connectivity index (χ0) is 31.4. The predicted octanol–water partition coefficient (Wildman–Crippen LogP) is 6.85. The Balaban J connectivity index is 1.04. The van der Waals surface area contributed by atoms with E-state index in [1.807, 2.05) is 36.8 Å². The van der Waals surface area contributed by atoms with Crippen molar-refractivity contribution in [2.45, 2.75) is 63.5 Å². The molecule has 46 heavy (non-hydrogen) atoms. The minimum absolute atomic E-state index is 0.121. The number of hydrogen-bond donors (Lipinski definition) is 1. The third-order valence-electron chi connectivity index (χ3n) is 8.96. The third kappa shape index (κ3) is 5.56. The number of halogens is 1. The Morgan fingerprint density at radius 2 is 1.96 bits per heavy atom. The molecule has 236 valence electrons. The second-order valence-electron chi connectivity index (χ2n) is 12.3. The van der Waals surface area contributed by atoms with Crippen LogP contribution in [0, 0.1) is 0 Å². The summed E-state index contributed by atoms with van der Waals surface area (Å²) in [6, 6.07) is 13.1. The molecular formula is C34H32ClN5O5S. The monoisotopic (exact) mass is 657 g/mol. The van der Waals surface area contributed by atoms with E-state index in [4.69, 9.17) is 30.8 Å². The van der Waals surface area contributed by atoms with Crippen LogP contribution in [0.25, 0.3) is 11.0 Å². The van der Waals surface area contributed by atoms with Crippen molar-refractivity contribution in [2.75, 3.05) is 13.1 Å². The van der Waals surface area contributed by atoms with Gasteiger partial charge >= 0.3 is 5.97 Å². The van der Waals surface area contributed by atoms with Gasteiger partial charge in [-0.2, -0.15) is 0 Å². The van der Waals surface area contributed by atoms with Crippen LogP contribution in [0.15, 0.2) is 60.4 Å². The predicted molar refractivity (Wildman–Crippen MR) is 173 cm³/mol. The van der Waals surface area contributed by atoms with Gasteiger partial charge in [0.1, 0.15) is 22.8 Å². The van der Waals surface area contributed by atoms with E-state index < -0.39 is 11.8 Å². The first-order chi connectivity index (χ1) is 22.3. The molecule has 1 atom stereocenters. The van der Waals surface area contributed by atoms with E-state index in [0.29, 0.717) is 41.0 Å². The molecule has 2 aromatic carbocycles. The average Bonchev–Trinajstić information content (AvgIpc) is 3.41. The maximum Gasteiger partial charge on any atom is 0.335 e. The second-order valence-corrected chi connectivity index (χ2v) is 13.7. The summed E-state index contributed by atoms with van der Waals surface area (Å²) in [6.45, 7) is 4.84. The number of rotatable bonds is 9. The molecule has 0 amide bonds. The van der Waals surface area contributed by atoms with Gasteiger partial charge in [0, 0.05) is 29.8 Å². The van der Waals surface area contributed by atoms with E-state index >= 15 is 0 Å². The van der Waals surface area contributed by atoms with Crippen LogP contribution in [0.2, 0.25) is 5.02 Å². The quantitative estimate of drug-likeness (QED) is 0.182. The average molecular weight is 658 g/mol. The molecule has 1 saturated carbocycles. The van der Waals surface area contributed by atoms with Crippen LogP contribution in [0.5, 0.6) is 17.2 Å². The van der Waals surface area contributed by atoms with Gasteiger partial charge < -0.3 is 23.9 Å². The summed E-state index contributed by atoms with van der Waals surface area (Å²) in [6.07, 6.45) is 7.42. The highest BCUT2D eigenvalue weighted by Gasteiger charge is 2.42. The number of benzene rings is 2. The molecule has 3 aliphatic rings. The lowest BCUT2D eigenvalue weighted by Gasteiger charge is -2.32. The van der Waals surface area contributed by atoms with Crippen molar-refractivity contribution in [3.8, 4) is 17.2 Å². The van der Waals surface area contributed by atoms with Gasteiger partial charge in [0.2, 0.25) is 0 Å². The molecule has 3 aromatic heterocycles. The number of likely N-dealkylation sites (tertiary alicyclic amines) is 1. The van der Waals surface area contributed by atoms with Crippen LogP contribution in [0.1, 0.15) is 70.8 Å². The van der Waals surface area contributed by atoms with Crippen LogP contribution in [0.3, 0.4) is 0 Å². The zero-order valence-electron chi connectivity index (χ0n) is 25.2. The van der Waals surface area contributed by atoms with Crippen molar-refractivity contribution >= 4 is 39.9 Å². The molecule has 0 radical (unpaired) electrons. The highest BCUT2D eigenvalue weighted by atomic mass is 35.5. The molecule has 0 unspecified atom stereocenters. The number of aromatic carboxylic acids is 1. The van der Waals surface area contributed by atoms with Crippen LogP contribution in [-0.2, 0) is 18.9 Å². The lowest BCUT2D eigenvalue weighted by atomic mass is 9.88. The van der Waals surface area contributed by atoms with Gasteiger partial charge in [-0.3, -0.25) is 14.9 Å². The Bertz CT molecular complexity index is 1920. The first kappa shape index (κ1) is 29.2. The van der Waals surface area contributed by atoms with Crippen LogP contribution < -0.4 is 14.2 Å². The van der Waals surface area contributed by atoms with Crippen molar-refractivity contribution in [1.82, 2.24) is 24.4 Å². The first-order valence-electron chi connectivity index (χ1n) is 15.5. The summed E-state index contributed by atoms with van der Waals surface area (Å²) in [5, 5.41) is 10.4. The molecular weight excluding hydrogens is 626 g/mol. The first-order valence-corrected chi connectivity index (χ1v) is 16.7. The molecule has 5 aromatic rings. The zero-order valence-corrected chi connectivity index (χ0v) is 26.8. The number of aromatic nitrogens is 4. The number of thiazole rings is 1. The Morgan fingerprint density at radius 3 is 2.67 bits per heavy atom. The molecule has 0 bridgehead atoms. The number of carbonyl (C=O) groups is 1. The highest BCUT2D eigenvalue weighted by molar-refractivity contribution is 7.09. The van der Waals surface area contributed by atoms with Gasteiger partial charge in [-0.1, -0.05) is 23.7 Å². The number of fused-ring (bicyclic) bond motifs is 2. The Hall–Kier alpha value is -4.19. The summed E-state index contributed by atoms with van der Waals surface area (Å²) in [7, 11) is 0. The van der Waals surface area contributed by atoms with Crippen LogP contribution in [0.4, 0.5) is 0 Å². The number of hydrogen-bond acceptors (Lipinski definition) is 9. The fourth-order valence-electron chi connectivity index (χ4n) is 6.41. The molecule has 2 aliphatic heterocycles. The fourth-order valence-corrected chi connectivity index (χ4v) is 7.11. The minimum Gasteiger partial charge on any atom is -0.488 e. The van der Waals surface area contributed by atoms with Crippen molar-refractivity contribution in [3.63, 3.8) is 0 Å². The SMILES string of the molecule is C[C@]1(c2ccc(Cl)cn2)Oc2cccc(C3CCN(Cc4nc5c(OC6CC6)cc(C(=O)O)cc5n4Cc4cncs4)CC3)c2O1. The minimum atomic E-state index is -1.02. The van der Waals surface area contributed by atoms with E-state index in [0.717, 1.165) is 72.1 Å². The van der Waals surface area contributed by atoms with Crippen LogP contribution >= 0.6 is 22.9 Å². The van der Waals surface area contributed by atoms with Crippen molar-refractivity contribution in [3.05, 3.63) is 92.9 Å². The molecule has 12 heteroatoms. The maximum atomic E-state index is 12.1. The second kappa shape index (κ2) is 11.6. The van der Waals surface area contributed by atoms with Gasteiger partial charge in [0.15, 0.2) is 11.5 Å². The van der Waals surface area contributed by atoms with Gasteiger partial charge in [-0.25, -0.2) is 9.78 Å². The number of carboxylic acids is 1. The number of carboxylic acid groups (broad SMARTS) is 1. The van der Waals surface area contributed by atoms with E-state index in [2.05, 4.69) is 25.5 Å². The van der Waals surface area contributed by atoms with E-state index in [1.54, 1.807) is 35.7 Å². The third-order valence-corrected chi connectivity index (χ3v) is 9.94. The summed E-state index contributed by atoms with van der Waals surface area (Å²) >= 11 is 7.64. The topological polar surface area (TPSA) is 112 Å². The lowest BCUT2D eigenvalue weighted by molar-refractivity contribution is -0.0722. The normalized spacial score (nSPS) is 20.0. The summed E-state index contributed by atoms with van der Waals surface area (Å²) < 4.78 is 21.1. The van der Waals surface area contributed by atoms with Crippen LogP contribution in [-0.4, -0.2) is 54.7 Å². The van der Waals surface area contributed by atoms with Gasteiger partial charge in [0.05, 0.1) is 40.8 Å². The van der Waals surface area contributed by atoms with Crippen molar-refractivity contribution in [2.24, 2.45) is 0 Å². The Kier molecular flexibility index (Phi) is 7.34. The molecule has 1 saturated heterocycles. The van der Waals surface area contributed by atoms with E-state index in [1.165, 1.54) is 0 Å². The number of imidazole rings is 1. The number of piperidine rings is 1. The van der Waals surface area contributed by atoms with Gasteiger partial charge in [-0.15, -0.1) is 11.3 Å². The number of nitrogens with zero attached hydrogens (tertiary/aromatic N) is 5. The molecule has 8 rings (SSSR count). The molecule has 10 nitrogen and oxygen atoms in total. The Labute approximate surface area is 274 Å². The summed E-state index contributed by atoms with van der Waals surface area (Å²) in [5.41, 5.74) is 5.30. The smallest absolute Gasteiger partial charge is 0.335 e. The molecule has 2 fully saturated rings. The van der Waals surface area contributed by atoms with E-state index in [-0.39, 0.29) is 11.7 Å². The molecule has 1 N–H and O–H groups in total. The largest absolute Gasteiger partial charge is 0.488 e. The summed E-state index contributed by atoms with van der Waals surface area (Å²) in [5.74, 6) is 1.23. The molecule has 0 spiro atoms. The number of para-hydroxylation sites is 1. The van der Waals surface area contributed by atoms with Gasteiger partial charge in [0.25, 0.3) is 5.79 Å². The number of pyridine rings is 1. The lowest BCUT2D eigenvalue weighted by Crippen LogP contribution is -2.34. The fraction of sp³-hybridized carbons (Fsp3) is 0.353. The van der Waals surface area contributed by atoms with E-state index in [9.17, 15) is 9.90 Å². The van der Waals surface area contributed by atoms with Crippen molar-refractivity contribution < 1.29 is 24.1 Å². The van der Waals surface area contributed by atoms with Crippen molar-refractivity contribution in [1.29, 1.82) is 0 Å². The molecule has 1 aliphatic carbocycles. The number of ether oxygens (including phenoxy) is 3. The summed E-state index contributed by atoms with van der Waals surface area (Å²) in [4.78, 5) is 29.3.